The fraction of sp³-hybridized carbons (Fsp3) is 0.917. The number of rotatable bonds is 3. The standard InChI is InChI=1S/C12H23N3O2.ClH/c1-2-5-15(11-3-4-13-10-11)12(16)14-6-8-17-9-7-14;/h11,13H,2-10H2,1H3;1H. The predicted octanol–water partition coefficient (Wildman–Crippen LogP) is 0.934. The van der Waals surface area contributed by atoms with Crippen molar-refractivity contribution in [3.05, 3.63) is 0 Å². The maximum atomic E-state index is 12.4. The number of urea groups is 1. The van der Waals surface area contributed by atoms with Gasteiger partial charge >= 0.3 is 6.03 Å². The molecule has 2 fully saturated rings. The third kappa shape index (κ3) is 3.73. The van der Waals surface area contributed by atoms with Crippen molar-refractivity contribution in [2.75, 3.05) is 45.9 Å². The molecular formula is C12H24ClN3O2. The molecule has 0 aromatic carbocycles. The summed E-state index contributed by atoms with van der Waals surface area (Å²) < 4.78 is 5.29. The third-order valence-corrected chi connectivity index (χ3v) is 3.47. The normalized spacial score (nSPS) is 23.6. The molecule has 2 amide bonds. The van der Waals surface area contributed by atoms with Gasteiger partial charge in [0.25, 0.3) is 0 Å². The van der Waals surface area contributed by atoms with Crippen molar-refractivity contribution in [3.63, 3.8) is 0 Å². The lowest BCUT2D eigenvalue weighted by Crippen LogP contribution is -2.52. The van der Waals surface area contributed by atoms with Crippen LogP contribution >= 0.6 is 12.4 Å². The number of hydrogen-bond donors (Lipinski definition) is 1. The van der Waals surface area contributed by atoms with E-state index in [0.29, 0.717) is 19.3 Å². The van der Waals surface area contributed by atoms with Crippen LogP contribution in [0.5, 0.6) is 0 Å². The highest BCUT2D eigenvalue weighted by atomic mass is 35.5. The van der Waals surface area contributed by atoms with Gasteiger partial charge in [-0.3, -0.25) is 0 Å². The van der Waals surface area contributed by atoms with Gasteiger partial charge < -0.3 is 19.9 Å². The molecule has 0 aliphatic carbocycles. The molecule has 2 heterocycles. The van der Waals surface area contributed by atoms with E-state index < -0.39 is 0 Å². The first kappa shape index (κ1) is 15.5. The van der Waals surface area contributed by atoms with E-state index in [0.717, 1.165) is 45.6 Å². The van der Waals surface area contributed by atoms with E-state index in [4.69, 9.17) is 4.74 Å². The van der Waals surface area contributed by atoms with Crippen LogP contribution in [0.15, 0.2) is 0 Å². The summed E-state index contributed by atoms with van der Waals surface area (Å²) in [5.41, 5.74) is 0. The Morgan fingerprint density at radius 2 is 2.17 bits per heavy atom. The number of nitrogens with zero attached hydrogens (tertiary/aromatic N) is 2. The highest BCUT2D eigenvalue weighted by Gasteiger charge is 2.29. The van der Waals surface area contributed by atoms with Gasteiger partial charge in [-0.25, -0.2) is 4.79 Å². The highest BCUT2D eigenvalue weighted by Crippen LogP contribution is 2.13. The van der Waals surface area contributed by atoms with Crippen molar-refractivity contribution in [2.24, 2.45) is 0 Å². The van der Waals surface area contributed by atoms with Crippen LogP contribution in [0, 0.1) is 0 Å². The average molecular weight is 278 g/mol. The van der Waals surface area contributed by atoms with Gasteiger partial charge in [-0.05, 0) is 19.4 Å². The highest BCUT2D eigenvalue weighted by molar-refractivity contribution is 5.85. The van der Waals surface area contributed by atoms with E-state index in [1.807, 2.05) is 9.80 Å². The minimum Gasteiger partial charge on any atom is -0.378 e. The average Bonchev–Trinajstić information content (AvgIpc) is 2.90. The molecule has 0 aromatic heterocycles. The summed E-state index contributed by atoms with van der Waals surface area (Å²) in [4.78, 5) is 16.4. The van der Waals surface area contributed by atoms with Crippen molar-refractivity contribution in [3.8, 4) is 0 Å². The number of nitrogens with one attached hydrogen (secondary N) is 1. The Morgan fingerprint density at radius 1 is 1.44 bits per heavy atom. The molecule has 0 bridgehead atoms. The smallest absolute Gasteiger partial charge is 0.320 e. The van der Waals surface area contributed by atoms with Crippen LogP contribution in [-0.2, 0) is 4.74 Å². The monoisotopic (exact) mass is 277 g/mol. The molecule has 18 heavy (non-hydrogen) atoms. The van der Waals surface area contributed by atoms with Gasteiger partial charge in [0.2, 0.25) is 0 Å². The molecule has 0 radical (unpaired) electrons. The van der Waals surface area contributed by atoms with Crippen LogP contribution in [0.25, 0.3) is 0 Å². The van der Waals surface area contributed by atoms with Gasteiger partial charge in [-0.15, -0.1) is 12.4 Å². The Balaban J connectivity index is 0.00000162. The van der Waals surface area contributed by atoms with E-state index in [-0.39, 0.29) is 18.4 Å². The largest absolute Gasteiger partial charge is 0.378 e. The Hall–Kier alpha value is -0.520. The lowest BCUT2D eigenvalue weighted by Gasteiger charge is -2.35. The van der Waals surface area contributed by atoms with Crippen molar-refractivity contribution >= 4 is 18.4 Å². The van der Waals surface area contributed by atoms with Gasteiger partial charge in [-0.2, -0.15) is 0 Å². The SMILES string of the molecule is CCCN(C(=O)N1CCOCC1)C1CCNC1.Cl. The van der Waals surface area contributed by atoms with E-state index in [1.165, 1.54) is 0 Å². The zero-order valence-electron chi connectivity index (χ0n) is 11.1. The molecule has 0 saturated carbocycles. The molecular weight excluding hydrogens is 254 g/mol. The first-order valence-corrected chi connectivity index (χ1v) is 6.67. The molecule has 6 heteroatoms. The molecule has 1 unspecified atom stereocenters. The second-order valence-electron chi connectivity index (χ2n) is 4.72. The lowest BCUT2D eigenvalue weighted by molar-refractivity contribution is 0.0399. The molecule has 5 nitrogen and oxygen atoms in total. The molecule has 106 valence electrons. The molecule has 2 rings (SSSR count). The zero-order chi connectivity index (χ0) is 12.1. The predicted molar refractivity (Wildman–Crippen MR) is 73.3 cm³/mol. The summed E-state index contributed by atoms with van der Waals surface area (Å²) >= 11 is 0. The maximum absolute atomic E-state index is 12.4. The van der Waals surface area contributed by atoms with Crippen molar-refractivity contribution in [1.82, 2.24) is 15.1 Å². The number of carbonyl (C=O) groups is 1. The minimum absolute atomic E-state index is 0. The molecule has 1 atom stereocenters. The van der Waals surface area contributed by atoms with Crippen LogP contribution in [0.2, 0.25) is 0 Å². The van der Waals surface area contributed by atoms with Crippen molar-refractivity contribution in [1.29, 1.82) is 0 Å². The van der Waals surface area contributed by atoms with Gasteiger partial charge in [0.05, 0.1) is 13.2 Å². The number of ether oxygens (including phenoxy) is 1. The quantitative estimate of drug-likeness (QED) is 0.835. The van der Waals surface area contributed by atoms with Crippen LogP contribution in [-0.4, -0.2) is 67.8 Å². The summed E-state index contributed by atoms with van der Waals surface area (Å²) in [5, 5.41) is 3.33. The minimum atomic E-state index is 0. The number of carbonyl (C=O) groups excluding carboxylic acids is 1. The van der Waals surface area contributed by atoms with Crippen LogP contribution in [0.1, 0.15) is 19.8 Å². The third-order valence-electron chi connectivity index (χ3n) is 3.47. The number of morpholine rings is 1. The van der Waals surface area contributed by atoms with E-state index in [2.05, 4.69) is 12.2 Å². The summed E-state index contributed by atoms with van der Waals surface area (Å²) in [6, 6.07) is 0.578. The van der Waals surface area contributed by atoms with Crippen molar-refractivity contribution < 1.29 is 9.53 Å². The Kier molecular flexibility index (Phi) is 6.75. The summed E-state index contributed by atoms with van der Waals surface area (Å²) in [5.74, 6) is 0. The second-order valence-corrected chi connectivity index (χ2v) is 4.72. The Morgan fingerprint density at radius 3 is 2.72 bits per heavy atom. The topological polar surface area (TPSA) is 44.8 Å². The Bertz CT molecular complexity index is 254. The summed E-state index contributed by atoms with van der Waals surface area (Å²) in [6.45, 7) is 7.78. The summed E-state index contributed by atoms with van der Waals surface area (Å²) in [6.07, 6.45) is 2.10. The molecule has 2 aliphatic rings. The first-order valence-electron chi connectivity index (χ1n) is 6.67. The molecule has 0 aromatic rings. The van der Waals surface area contributed by atoms with E-state index in [9.17, 15) is 4.79 Å². The Labute approximate surface area is 115 Å². The second kappa shape index (κ2) is 7.81. The molecule has 1 N–H and O–H groups in total. The summed E-state index contributed by atoms with van der Waals surface area (Å²) in [7, 11) is 0. The number of amides is 2. The molecule has 2 saturated heterocycles. The molecule has 2 aliphatic heterocycles. The first-order chi connectivity index (χ1) is 8.33. The van der Waals surface area contributed by atoms with Crippen LogP contribution in [0.4, 0.5) is 4.79 Å². The van der Waals surface area contributed by atoms with Crippen LogP contribution < -0.4 is 5.32 Å². The van der Waals surface area contributed by atoms with Crippen molar-refractivity contribution in [2.45, 2.75) is 25.8 Å². The molecule has 0 spiro atoms. The van der Waals surface area contributed by atoms with Gasteiger partial charge in [0.1, 0.15) is 0 Å². The van der Waals surface area contributed by atoms with Crippen LogP contribution in [0.3, 0.4) is 0 Å². The fourth-order valence-corrected chi connectivity index (χ4v) is 2.52. The van der Waals surface area contributed by atoms with Gasteiger partial charge in [0, 0.05) is 32.2 Å². The lowest BCUT2D eigenvalue weighted by atomic mass is 10.2. The number of hydrogen-bond acceptors (Lipinski definition) is 3. The van der Waals surface area contributed by atoms with E-state index >= 15 is 0 Å². The zero-order valence-corrected chi connectivity index (χ0v) is 11.9. The maximum Gasteiger partial charge on any atom is 0.320 e. The van der Waals surface area contributed by atoms with Gasteiger partial charge in [-0.1, -0.05) is 6.92 Å². The fourth-order valence-electron chi connectivity index (χ4n) is 2.52. The van der Waals surface area contributed by atoms with Gasteiger partial charge in [0.15, 0.2) is 0 Å². The van der Waals surface area contributed by atoms with E-state index in [1.54, 1.807) is 0 Å². The number of halogens is 1.